The highest BCUT2D eigenvalue weighted by Crippen LogP contribution is 2.16. The van der Waals surface area contributed by atoms with E-state index in [1.165, 1.54) is 22.5 Å². The summed E-state index contributed by atoms with van der Waals surface area (Å²) >= 11 is 6.22. The summed E-state index contributed by atoms with van der Waals surface area (Å²) in [6, 6.07) is 1.43. The van der Waals surface area contributed by atoms with Gasteiger partial charge in [0.2, 0.25) is 4.77 Å². The van der Waals surface area contributed by atoms with Crippen molar-refractivity contribution < 1.29 is 0 Å². The van der Waals surface area contributed by atoms with E-state index in [9.17, 15) is 4.79 Å². The van der Waals surface area contributed by atoms with Crippen molar-refractivity contribution in [3.8, 4) is 0 Å². The smallest absolute Gasteiger partial charge is 0.251 e. The summed E-state index contributed by atoms with van der Waals surface area (Å²) in [6.45, 7) is 1.76. The number of aromatic nitrogens is 5. The molecule has 2 heterocycles. The Morgan fingerprint density at radius 1 is 1.65 bits per heavy atom. The van der Waals surface area contributed by atoms with E-state index in [1.807, 2.05) is 0 Å². The van der Waals surface area contributed by atoms with Gasteiger partial charge in [-0.1, -0.05) is 11.8 Å². The van der Waals surface area contributed by atoms with E-state index < -0.39 is 0 Å². The number of aryl methyl sites for hydroxylation is 1. The van der Waals surface area contributed by atoms with Gasteiger partial charge in [-0.25, -0.2) is 9.66 Å². The number of nitrogen functional groups attached to an aromatic ring is 1. The molecule has 9 heteroatoms. The number of hydrogen-bond acceptors (Lipinski definition) is 6. The number of nitrogens with two attached hydrogens (primary N) is 1. The van der Waals surface area contributed by atoms with Gasteiger partial charge in [0.05, 0.1) is 5.75 Å². The predicted octanol–water partition coefficient (Wildman–Crippen LogP) is 0.339. The number of nitrogens with one attached hydrogen (secondary N) is 2. The third kappa shape index (κ3) is 2.74. The van der Waals surface area contributed by atoms with Gasteiger partial charge >= 0.3 is 0 Å². The highest BCUT2D eigenvalue weighted by Gasteiger charge is 2.05. The van der Waals surface area contributed by atoms with Gasteiger partial charge in [0.1, 0.15) is 0 Å². The third-order valence-corrected chi connectivity index (χ3v) is 3.12. The van der Waals surface area contributed by atoms with E-state index in [0.29, 0.717) is 27.2 Å². The minimum absolute atomic E-state index is 0.174. The standard InChI is InChI=1S/C8H10N6OS2/c1-4-2-6(15)11-7(10-4)17-3-5-12-13-8(16)14(5)9/h2H,3,9H2,1H3,(H,13,16)(H,10,11,15). The normalized spacial score (nSPS) is 10.6. The summed E-state index contributed by atoms with van der Waals surface area (Å²) in [4.78, 5) is 18.0. The summed E-state index contributed by atoms with van der Waals surface area (Å²) < 4.78 is 1.64. The number of aromatic amines is 2. The molecular formula is C8H10N6OS2. The topological polar surface area (TPSA) is 105 Å². The van der Waals surface area contributed by atoms with Crippen LogP contribution >= 0.6 is 24.0 Å². The van der Waals surface area contributed by atoms with Crippen molar-refractivity contribution in [2.45, 2.75) is 17.8 Å². The molecule has 4 N–H and O–H groups in total. The van der Waals surface area contributed by atoms with Gasteiger partial charge in [0.25, 0.3) is 5.56 Å². The first-order chi connectivity index (χ1) is 8.06. The van der Waals surface area contributed by atoms with E-state index in [4.69, 9.17) is 18.1 Å². The molecule has 0 spiro atoms. The molecule has 0 aliphatic rings. The second kappa shape index (κ2) is 4.72. The van der Waals surface area contributed by atoms with Gasteiger partial charge in [-0.05, 0) is 19.1 Å². The van der Waals surface area contributed by atoms with Crippen molar-refractivity contribution in [2.24, 2.45) is 0 Å². The first-order valence-electron chi connectivity index (χ1n) is 4.68. The minimum atomic E-state index is -0.174. The molecule has 0 saturated carbocycles. The van der Waals surface area contributed by atoms with Crippen molar-refractivity contribution in [1.82, 2.24) is 24.8 Å². The third-order valence-electron chi connectivity index (χ3n) is 1.96. The van der Waals surface area contributed by atoms with Gasteiger partial charge in [-0.2, -0.15) is 5.10 Å². The molecular weight excluding hydrogens is 260 g/mol. The fraction of sp³-hybridized carbons (Fsp3) is 0.250. The average Bonchev–Trinajstić information content (AvgIpc) is 2.56. The van der Waals surface area contributed by atoms with Crippen LogP contribution in [0.25, 0.3) is 0 Å². The summed E-state index contributed by atoms with van der Waals surface area (Å²) in [5.41, 5.74) is 0.495. The van der Waals surface area contributed by atoms with Crippen molar-refractivity contribution >= 4 is 24.0 Å². The van der Waals surface area contributed by atoms with E-state index in [1.54, 1.807) is 6.92 Å². The van der Waals surface area contributed by atoms with Crippen molar-refractivity contribution in [2.75, 3.05) is 5.84 Å². The minimum Gasteiger partial charge on any atom is -0.335 e. The van der Waals surface area contributed by atoms with E-state index in [2.05, 4.69) is 20.2 Å². The Balaban J connectivity index is 2.15. The first-order valence-corrected chi connectivity index (χ1v) is 6.08. The zero-order valence-electron chi connectivity index (χ0n) is 8.93. The number of thioether (sulfide) groups is 1. The molecule has 0 atom stereocenters. The Hall–Kier alpha value is -1.61. The van der Waals surface area contributed by atoms with Gasteiger partial charge in [-0.3, -0.25) is 9.89 Å². The van der Waals surface area contributed by atoms with Crippen LogP contribution in [0.1, 0.15) is 11.5 Å². The van der Waals surface area contributed by atoms with Crippen LogP contribution in [0.15, 0.2) is 16.0 Å². The molecule has 0 aliphatic carbocycles. The van der Waals surface area contributed by atoms with Crippen LogP contribution < -0.4 is 11.4 Å². The lowest BCUT2D eigenvalue weighted by molar-refractivity contribution is 0.885. The van der Waals surface area contributed by atoms with Gasteiger partial charge in [0, 0.05) is 11.8 Å². The molecule has 0 fully saturated rings. The number of rotatable bonds is 3. The molecule has 0 bridgehead atoms. The lowest BCUT2D eigenvalue weighted by Crippen LogP contribution is -2.12. The van der Waals surface area contributed by atoms with Crippen molar-refractivity contribution in [3.05, 3.63) is 32.7 Å². The number of hydrogen-bond donors (Lipinski definition) is 3. The van der Waals surface area contributed by atoms with Gasteiger partial charge in [-0.15, -0.1) is 0 Å². The molecule has 0 aliphatic heterocycles. The Morgan fingerprint density at radius 2 is 2.41 bits per heavy atom. The molecule has 0 amide bonds. The fourth-order valence-corrected chi connectivity index (χ4v) is 2.19. The Kier molecular flexibility index (Phi) is 3.29. The second-order valence-corrected chi connectivity index (χ2v) is 4.65. The summed E-state index contributed by atoms with van der Waals surface area (Å²) in [6.07, 6.45) is 0. The molecule has 17 heavy (non-hydrogen) atoms. The Morgan fingerprint density at radius 3 is 3.00 bits per heavy atom. The van der Waals surface area contributed by atoms with Crippen molar-refractivity contribution in [1.29, 1.82) is 0 Å². The number of nitrogens with zero attached hydrogens (tertiary/aromatic N) is 3. The van der Waals surface area contributed by atoms with Crippen LogP contribution in [0.4, 0.5) is 0 Å². The van der Waals surface area contributed by atoms with Gasteiger partial charge < -0.3 is 10.8 Å². The zero-order valence-corrected chi connectivity index (χ0v) is 10.6. The van der Waals surface area contributed by atoms with Crippen LogP contribution in [-0.4, -0.2) is 24.8 Å². The highest BCUT2D eigenvalue weighted by atomic mass is 32.2. The fourth-order valence-electron chi connectivity index (χ4n) is 1.19. The van der Waals surface area contributed by atoms with Crippen LogP contribution in [0, 0.1) is 11.7 Å². The van der Waals surface area contributed by atoms with Crippen LogP contribution in [0.2, 0.25) is 0 Å². The molecule has 0 unspecified atom stereocenters. The SMILES string of the molecule is Cc1cc(=O)[nH]c(SCc2n[nH]c(=S)n2N)n1. The van der Waals surface area contributed by atoms with Crippen molar-refractivity contribution in [3.63, 3.8) is 0 Å². The lowest BCUT2D eigenvalue weighted by atomic mass is 10.5. The molecule has 0 aromatic carbocycles. The molecule has 90 valence electrons. The summed E-state index contributed by atoms with van der Waals surface area (Å²) in [5, 5.41) is 7.07. The van der Waals surface area contributed by atoms with Crippen LogP contribution in [0.5, 0.6) is 0 Å². The van der Waals surface area contributed by atoms with E-state index in [0.717, 1.165) is 0 Å². The van der Waals surface area contributed by atoms with Crippen LogP contribution in [-0.2, 0) is 5.75 Å². The molecule has 0 radical (unpaired) electrons. The quantitative estimate of drug-likeness (QED) is 0.321. The molecule has 2 aromatic rings. The zero-order chi connectivity index (χ0) is 12.4. The maximum absolute atomic E-state index is 11.2. The maximum atomic E-state index is 11.2. The lowest BCUT2D eigenvalue weighted by Gasteiger charge is -2.01. The molecule has 2 rings (SSSR count). The Labute approximate surface area is 105 Å². The maximum Gasteiger partial charge on any atom is 0.251 e. The second-order valence-electron chi connectivity index (χ2n) is 3.30. The Bertz CT molecular complexity index is 642. The van der Waals surface area contributed by atoms with E-state index in [-0.39, 0.29) is 5.56 Å². The monoisotopic (exact) mass is 270 g/mol. The average molecular weight is 270 g/mol. The predicted molar refractivity (Wildman–Crippen MR) is 66.7 cm³/mol. The molecule has 0 saturated heterocycles. The first kappa shape index (κ1) is 11.9. The van der Waals surface area contributed by atoms with E-state index >= 15 is 0 Å². The largest absolute Gasteiger partial charge is 0.335 e. The summed E-state index contributed by atoms with van der Waals surface area (Å²) in [7, 11) is 0. The van der Waals surface area contributed by atoms with Gasteiger partial charge in [0.15, 0.2) is 11.0 Å². The van der Waals surface area contributed by atoms with Crippen LogP contribution in [0.3, 0.4) is 0 Å². The highest BCUT2D eigenvalue weighted by molar-refractivity contribution is 7.98. The summed E-state index contributed by atoms with van der Waals surface area (Å²) in [5.74, 6) is 6.70. The molecule has 7 nitrogen and oxygen atoms in total. The number of H-pyrrole nitrogens is 2. The molecule has 2 aromatic heterocycles.